The summed E-state index contributed by atoms with van der Waals surface area (Å²) in [5.74, 6) is 0.0236. The van der Waals surface area contributed by atoms with Gasteiger partial charge in [0.15, 0.2) is 6.61 Å². The SMILES string of the molecule is Cc1c(C)c2ccc(OCC(=O)OCc3ccccc3)c(C)c2oc1=O. The van der Waals surface area contributed by atoms with Crippen molar-refractivity contribution in [3.63, 3.8) is 0 Å². The van der Waals surface area contributed by atoms with Gasteiger partial charge in [0.25, 0.3) is 0 Å². The smallest absolute Gasteiger partial charge is 0.344 e. The molecule has 1 aromatic heterocycles. The maximum Gasteiger partial charge on any atom is 0.344 e. The normalized spacial score (nSPS) is 10.7. The molecule has 0 N–H and O–H groups in total. The summed E-state index contributed by atoms with van der Waals surface area (Å²) in [6.07, 6.45) is 0. The average molecular weight is 352 g/mol. The molecule has 26 heavy (non-hydrogen) atoms. The van der Waals surface area contributed by atoms with Crippen molar-refractivity contribution < 1.29 is 18.7 Å². The van der Waals surface area contributed by atoms with Crippen LogP contribution in [0.25, 0.3) is 11.0 Å². The Hall–Kier alpha value is -3.08. The zero-order chi connectivity index (χ0) is 18.7. The molecule has 134 valence electrons. The highest BCUT2D eigenvalue weighted by atomic mass is 16.6. The van der Waals surface area contributed by atoms with Gasteiger partial charge in [-0.3, -0.25) is 0 Å². The molecule has 0 unspecified atom stereocenters. The summed E-state index contributed by atoms with van der Waals surface area (Å²) in [7, 11) is 0. The van der Waals surface area contributed by atoms with Crippen molar-refractivity contribution >= 4 is 16.9 Å². The van der Waals surface area contributed by atoms with Crippen molar-refractivity contribution in [1.29, 1.82) is 0 Å². The zero-order valence-electron chi connectivity index (χ0n) is 15.0. The molecule has 0 aliphatic heterocycles. The third-order valence-electron chi connectivity index (χ3n) is 4.41. The summed E-state index contributed by atoms with van der Waals surface area (Å²) in [6, 6.07) is 13.0. The first kappa shape index (κ1) is 17.7. The number of rotatable bonds is 5. The Bertz CT molecular complexity index is 1000. The Labute approximate surface area is 151 Å². The lowest BCUT2D eigenvalue weighted by Crippen LogP contribution is -2.15. The predicted octanol–water partition coefficient (Wildman–Crippen LogP) is 3.84. The monoisotopic (exact) mass is 352 g/mol. The fraction of sp³-hybridized carbons (Fsp3) is 0.238. The molecular formula is C21H20O5. The second-order valence-corrected chi connectivity index (χ2v) is 6.14. The molecular weight excluding hydrogens is 332 g/mol. The Morgan fingerprint density at radius 1 is 0.962 bits per heavy atom. The van der Waals surface area contributed by atoms with Crippen molar-refractivity contribution in [1.82, 2.24) is 0 Å². The van der Waals surface area contributed by atoms with Crippen LogP contribution < -0.4 is 10.4 Å². The van der Waals surface area contributed by atoms with Crippen molar-refractivity contribution in [2.24, 2.45) is 0 Å². The number of benzene rings is 2. The highest BCUT2D eigenvalue weighted by Crippen LogP contribution is 2.29. The van der Waals surface area contributed by atoms with Crippen LogP contribution in [0.15, 0.2) is 51.7 Å². The molecule has 3 rings (SSSR count). The molecule has 2 aromatic carbocycles. The van der Waals surface area contributed by atoms with Crippen LogP contribution in [-0.4, -0.2) is 12.6 Å². The maximum atomic E-state index is 11.9. The van der Waals surface area contributed by atoms with Crippen LogP contribution in [0.1, 0.15) is 22.3 Å². The van der Waals surface area contributed by atoms with Crippen LogP contribution in [0.5, 0.6) is 5.75 Å². The number of hydrogen-bond donors (Lipinski definition) is 0. The summed E-state index contributed by atoms with van der Waals surface area (Å²) in [6.45, 7) is 5.41. The Morgan fingerprint density at radius 3 is 2.42 bits per heavy atom. The van der Waals surface area contributed by atoms with Crippen molar-refractivity contribution in [2.75, 3.05) is 6.61 Å². The van der Waals surface area contributed by atoms with Gasteiger partial charge in [0.05, 0.1) is 0 Å². The van der Waals surface area contributed by atoms with E-state index in [0.717, 1.165) is 16.5 Å². The summed E-state index contributed by atoms with van der Waals surface area (Å²) in [5, 5.41) is 0.860. The summed E-state index contributed by atoms with van der Waals surface area (Å²) >= 11 is 0. The van der Waals surface area contributed by atoms with Gasteiger partial charge in [0.1, 0.15) is 17.9 Å². The highest BCUT2D eigenvalue weighted by Gasteiger charge is 2.14. The molecule has 0 amide bonds. The minimum absolute atomic E-state index is 0.201. The van der Waals surface area contributed by atoms with E-state index >= 15 is 0 Å². The van der Waals surface area contributed by atoms with E-state index in [0.29, 0.717) is 22.5 Å². The maximum absolute atomic E-state index is 11.9. The van der Waals surface area contributed by atoms with Gasteiger partial charge in [-0.25, -0.2) is 9.59 Å². The second kappa shape index (κ2) is 7.44. The van der Waals surface area contributed by atoms with Crippen LogP contribution in [0.2, 0.25) is 0 Å². The molecule has 0 spiro atoms. The third-order valence-corrected chi connectivity index (χ3v) is 4.41. The third kappa shape index (κ3) is 3.61. The zero-order valence-corrected chi connectivity index (χ0v) is 15.0. The number of ether oxygens (including phenoxy) is 2. The standard InChI is InChI=1S/C21H20O5/c1-13-14(2)21(23)26-20-15(3)18(10-9-17(13)20)24-12-19(22)25-11-16-7-5-4-6-8-16/h4-10H,11-12H2,1-3H3. The molecule has 0 atom stereocenters. The van der Waals surface area contributed by atoms with E-state index in [1.54, 1.807) is 19.9 Å². The number of carbonyl (C=O) groups is 1. The second-order valence-electron chi connectivity index (χ2n) is 6.14. The summed E-state index contributed by atoms with van der Waals surface area (Å²) < 4.78 is 16.2. The lowest BCUT2D eigenvalue weighted by atomic mass is 10.0. The van der Waals surface area contributed by atoms with Crippen LogP contribution in [0, 0.1) is 20.8 Å². The van der Waals surface area contributed by atoms with Crippen LogP contribution in [0.3, 0.4) is 0 Å². The number of hydrogen-bond acceptors (Lipinski definition) is 5. The number of fused-ring (bicyclic) bond motifs is 1. The Kier molecular flexibility index (Phi) is 5.07. The van der Waals surface area contributed by atoms with Gasteiger partial charge in [0, 0.05) is 16.5 Å². The first-order valence-corrected chi connectivity index (χ1v) is 8.33. The lowest BCUT2D eigenvalue weighted by Gasteiger charge is -2.12. The van der Waals surface area contributed by atoms with E-state index in [9.17, 15) is 9.59 Å². The van der Waals surface area contributed by atoms with Gasteiger partial charge in [0.2, 0.25) is 0 Å². The Balaban J connectivity index is 1.71. The molecule has 5 heteroatoms. The number of esters is 1. The van der Waals surface area contributed by atoms with Gasteiger partial charge in [-0.1, -0.05) is 30.3 Å². The van der Waals surface area contributed by atoms with Crippen LogP contribution in [0.4, 0.5) is 0 Å². The summed E-state index contributed by atoms with van der Waals surface area (Å²) in [4.78, 5) is 23.8. The summed E-state index contributed by atoms with van der Waals surface area (Å²) in [5.41, 5.74) is 3.18. The molecule has 0 aliphatic carbocycles. The van der Waals surface area contributed by atoms with Crippen molar-refractivity contribution in [2.45, 2.75) is 27.4 Å². The number of carbonyl (C=O) groups excluding carboxylic acids is 1. The molecule has 0 saturated heterocycles. The topological polar surface area (TPSA) is 65.7 Å². The molecule has 0 fully saturated rings. The Morgan fingerprint density at radius 2 is 1.69 bits per heavy atom. The average Bonchev–Trinajstić information content (AvgIpc) is 2.65. The molecule has 5 nitrogen and oxygen atoms in total. The molecule has 1 heterocycles. The van der Waals surface area contributed by atoms with Gasteiger partial charge in [-0.2, -0.15) is 0 Å². The van der Waals surface area contributed by atoms with E-state index in [-0.39, 0.29) is 18.8 Å². The van der Waals surface area contributed by atoms with Gasteiger partial charge in [-0.05, 0) is 44.0 Å². The van der Waals surface area contributed by atoms with Crippen molar-refractivity contribution in [3.8, 4) is 5.75 Å². The van der Waals surface area contributed by atoms with E-state index in [4.69, 9.17) is 13.9 Å². The molecule has 0 aliphatic rings. The number of aryl methyl sites for hydroxylation is 2. The largest absolute Gasteiger partial charge is 0.481 e. The lowest BCUT2D eigenvalue weighted by molar-refractivity contribution is -0.147. The van der Waals surface area contributed by atoms with Gasteiger partial charge >= 0.3 is 11.6 Å². The molecule has 3 aromatic rings. The minimum atomic E-state index is -0.463. The molecule has 0 radical (unpaired) electrons. The fourth-order valence-electron chi connectivity index (χ4n) is 2.70. The first-order chi connectivity index (χ1) is 12.5. The quantitative estimate of drug-likeness (QED) is 0.516. The highest BCUT2D eigenvalue weighted by molar-refractivity contribution is 5.85. The van der Waals surface area contributed by atoms with E-state index in [1.165, 1.54) is 0 Å². The van der Waals surface area contributed by atoms with Gasteiger partial charge in [-0.15, -0.1) is 0 Å². The predicted molar refractivity (Wildman–Crippen MR) is 98.4 cm³/mol. The minimum Gasteiger partial charge on any atom is -0.481 e. The fourth-order valence-corrected chi connectivity index (χ4v) is 2.70. The van der Waals surface area contributed by atoms with E-state index in [2.05, 4.69) is 0 Å². The molecule has 0 bridgehead atoms. The van der Waals surface area contributed by atoms with Crippen LogP contribution >= 0.6 is 0 Å². The molecule has 0 saturated carbocycles. The van der Waals surface area contributed by atoms with Gasteiger partial charge < -0.3 is 13.9 Å². The first-order valence-electron chi connectivity index (χ1n) is 8.33. The van der Waals surface area contributed by atoms with E-state index < -0.39 is 5.97 Å². The van der Waals surface area contributed by atoms with Crippen LogP contribution in [-0.2, 0) is 16.1 Å². The van der Waals surface area contributed by atoms with E-state index in [1.807, 2.05) is 43.3 Å². The van der Waals surface area contributed by atoms with Crippen molar-refractivity contribution in [3.05, 3.63) is 75.1 Å².